The highest BCUT2D eigenvalue weighted by molar-refractivity contribution is 7.79. The van der Waals surface area contributed by atoms with Crippen molar-refractivity contribution in [3.8, 4) is 0 Å². The highest BCUT2D eigenvalue weighted by Crippen LogP contribution is 2.31. The summed E-state index contributed by atoms with van der Waals surface area (Å²) < 4.78 is 49.3. The van der Waals surface area contributed by atoms with E-state index in [-0.39, 0.29) is 5.56 Å². The van der Waals surface area contributed by atoms with Crippen LogP contribution in [0.2, 0.25) is 0 Å². The number of nitrogens with one attached hydrogen (secondary N) is 1. The normalized spacial score (nSPS) is 9.53. The molecule has 1 aromatic carbocycles. The number of halogens is 4. The monoisotopic (exact) mass is 299 g/mol. The average molecular weight is 299 g/mol. The van der Waals surface area contributed by atoms with E-state index in [9.17, 15) is 22.4 Å². The van der Waals surface area contributed by atoms with Crippen molar-refractivity contribution in [2.45, 2.75) is 20.0 Å². The lowest BCUT2D eigenvalue weighted by molar-refractivity contribution is -0.140. The average Bonchev–Trinajstić information content (AvgIpc) is 2.40. The van der Waals surface area contributed by atoms with Gasteiger partial charge in [0.15, 0.2) is 0 Å². The summed E-state index contributed by atoms with van der Waals surface area (Å²) in [6, 6.07) is 2.02. The molecule has 0 unspecified atom stereocenters. The maximum atomic E-state index is 12.9. The number of carbonyl (C=O) groups is 1. The Morgan fingerprint density at radius 3 is 2.00 bits per heavy atom. The van der Waals surface area contributed by atoms with E-state index >= 15 is 0 Å². The molecule has 0 spiro atoms. The lowest BCUT2D eigenvalue weighted by Gasteiger charge is -2.08. The van der Waals surface area contributed by atoms with Crippen LogP contribution in [0.3, 0.4) is 0 Å². The Bertz CT molecular complexity index is 394. The van der Waals surface area contributed by atoms with Crippen LogP contribution in [0, 0.1) is 5.82 Å². The number of hydrogen-bond donors (Lipinski definition) is 2. The largest absolute Gasteiger partial charge is 0.419 e. The third-order valence-electron chi connectivity index (χ3n) is 1.76. The summed E-state index contributed by atoms with van der Waals surface area (Å²) in [4.78, 5) is 11.0. The quantitative estimate of drug-likeness (QED) is 0.600. The molecule has 0 aliphatic rings. The van der Waals surface area contributed by atoms with Crippen molar-refractivity contribution >= 4 is 18.5 Å². The molecule has 1 amide bonds. The summed E-state index contributed by atoms with van der Waals surface area (Å²) >= 11 is 3.53. The maximum Gasteiger partial charge on any atom is 0.419 e. The molecule has 0 heterocycles. The lowest BCUT2D eigenvalue weighted by Crippen LogP contribution is -2.18. The summed E-state index contributed by atoms with van der Waals surface area (Å²) in [5.74, 6) is -2.09. The van der Waals surface area contributed by atoms with E-state index in [1.807, 2.05) is 13.8 Å². The van der Waals surface area contributed by atoms with Gasteiger partial charge in [0.25, 0.3) is 5.91 Å². The van der Waals surface area contributed by atoms with Crippen molar-refractivity contribution in [1.82, 2.24) is 5.32 Å². The topological polar surface area (TPSA) is 29.1 Å². The fourth-order valence-corrected chi connectivity index (χ4v) is 1.03. The van der Waals surface area contributed by atoms with Gasteiger partial charge in [-0.05, 0) is 24.5 Å². The number of benzene rings is 1. The molecule has 0 aliphatic carbocycles. The van der Waals surface area contributed by atoms with Crippen LogP contribution in [0.4, 0.5) is 17.6 Å². The Morgan fingerprint density at radius 1 is 1.21 bits per heavy atom. The molecule has 1 aromatic rings. The zero-order valence-corrected chi connectivity index (χ0v) is 12.0. The standard InChI is InChI=1S/C9H7F4NO.C2H6.CH4S/c1-14-8(15)5-2-3-6(7(10)4-5)9(11,12)13;2*1-2/h2-4H,1H3,(H,14,15);1-2H3;2H,1H3. The fourth-order valence-electron chi connectivity index (χ4n) is 1.03. The molecule has 1 rings (SSSR count). The molecule has 7 heteroatoms. The summed E-state index contributed by atoms with van der Waals surface area (Å²) in [6.45, 7) is 4.00. The van der Waals surface area contributed by atoms with Gasteiger partial charge in [-0.1, -0.05) is 13.8 Å². The van der Waals surface area contributed by atoms with E-state index in [1.54, 1.807) is 6.26 Å². The van der Waals surface area contributed by atoms with Crippen molar-refractivity contribution in [2.24, 2.45) is 0 Å². The van der Waals surface area contributed by atoms with Gasteiger partial charge in [-0.25, -0.2) is 4.39 Å². The van der Waals surface area contributed by atoms with Crippen molar-refractivity contribution in [2.75, 3.05) is 13.3 Å². The van der Waals surface area contributed by atoms with Gasteiger partial charge in [-0.3, -0.25) is 4.79 Å². The smallest absolute Gasteiger partial charge is 0.355 e. The molecule has 19 heavy (non-hydrogen) atoms. The van der Waals surface area contributed by atoms with Gasteiger partial charge in [-0.15, -0.1) is 0 Å². The van der Waals surface area contributed by atoms with Gasteiger partial charge in [0.1, 0.15) is 5.82 Å². The van der Waals surface area contributed by atoms with Gasteiger partial charge in [-0.2, -0.15) is 25.8 Å². The zero-order valence-electron chi connectivity index (χ0n) is 11.1. The van der Waals surface area contributed by atoms with E-state index in [1.165, 1.54) is 7.05 Å². The molecule has 0 fully saturated rings. The van der Waals surface area contributed by atoms with E-state index in [4.69, 9.17) is 0 Å². The third-order valence-corrected chi connectivity index (χ3v) is 1.76. The minimum Gasteiger partial charge on any atom is -0.355 e. The van der Waals surface area contributed by atoms with Gasteiger partial charge < -0.3 is 5.32 Å². The van der Waals surface area contributed by atoms with Gasteiger partial charge in [0.2, 0.25) is 0 Å². The lowest BCUT2D eigenvalue weighted by atomic mass is 10.1. The van der Waals surface area contributed by atoms with Crippen molar-refractivity contribution in [1.29, 1.82) is 0 Å². The molecule has 0 atom stereocenters. The SMILES string of the molecule is CC.CNC(=O)c1ccc(C(F)(F)F)c(F)c1.CS. The minimum atomic E-state index is -4.74. The first kappa shape index (κ1) is 20.1. The number of hydrogen-bond acceptors (Lipinski definition) is 2. The second kappa shape index (κ2) is 9.66. The molecular formula is C12H17F4NOS. The highest BCUT2D eigenvalue weighted by atomic mass is 32.1. The van der Waals surface area contributed by atoms with E-state index in [2.05, 4.69) is 17.9 Å². The number of carbonyl (C=O) groups excluding carboxylic acids is 1. The van der Waals surface area contributed by atoms with Crippen LogP contribution in [0.25, 0.3) is 0 Å². The molecule has 0 saturated heterocycles. The van der Waals surface area contributed by atoms with Crippen LogP contribution in [0.1, 0.15) is 29.8 Å². The van der Waals surface area contributed by atoms with Crippen molar-refractivity contribution in [3.05, 3.63) is 35.1 Å². The number of thiol groups is 1. The molecule has 2 nitrogen and oxygen atoms in total. The predicted molar refractivity (Wildman–Crippen MR) is 71.1 cm³/mol. The van der Waals surface area contributed by atoms with E-state index < -0.39 is 23.5 Å². The molecule has 0 aliphatic heterocycles. The number of alkyl halides is 3. The van der Waals surface area contributed by atoms with E-state index in [0.29, 0.717) is 12.1 Å². The first-order chi connectivity index (χ1) is 8.86. The third kappa shape index (κ3) is 6.47. The first-order valence-corrected chi connectivity index (χ1v) is 6.29. The Balaban J connectivity index is 0. The molecule has 0 bridgehead atoms. The summed E-state index contributed by atoms with van der Waals surface area (Å²) in [6.07, 6.45) is -3.05. The van der Waals surface area contributed by atoms with Gasteiger partial charge in [0.05, 0.1) is 5.56 Å². The van der Waals surface area contributed by atoms with Gasteiger partial charge in [0, 0.05) is 12.6 Å². The minimum absolute atomic E-state index is 0.150. The van der Waals surface area contributed by atoms with Gasteiger partial charge >= 0.3 is 6.18 Å². The van der Waals surface area contributed by atoms with Crippen LogP contribution < -0.4 is 5.32 Å². The van der Waals surface area contributed by atoms with Crippen LogP contribution in [-0.4, -0.2) is 19.2 Å². The summed E-state index contributed by atoms with van der Waals surface area (Å²) in [5.41, 5.74) is -1.53. The molecule has 0 saturated carbocycles. The fraction of sp³-hybridized carbons (Fsp3) is 0.417. The molecule has 0 radical (unpaired) electrons. The number of rotatable bonds is 1. The van der Waals surface area contributed by atoms with Crippen molar-refractivity contribution in [3.63, 3.8) is 0 Å². The molecule has 110 valence electrons. The van der Waals surface area contributed by atoms with Crippen LogP contribution in [0.5, 0.6) is 0 Å². The summed E-state index contributed by atoms with van der Waals surface area (Å²) in [7, 11) is 1.30. The molecule has 1 N–H and O–H groups in total. The highest BCUT2D eigenvalue weighted by Gasteiger charge is 2.34. The summed E-state index contributed by atoms with van der Waals surface area (Å²) in [5, 5.41) is 2.18. The van der Waals surface area contributed by atoms with E-state index in [0.717, 1.165) is 6.07 Å². The Kier molecular flexibility index (Phi) is 10.2. The Hall–Kier alpha value is -1.24. The predicted octanol–water partition coefficient (Wildman–Crippen LogP) is 3.78. The van der Waals surface area contributed by atoms with Crippen molar-refractivity contribution < 1.29 is 22.4 Å². The Labute approximate surface area is 115 Å². The second-order valence-electron chi connectivity index (χ2n) is 2.77. The maximum absolute atomic E-state index is 12.9. The molecular weight excluding hydrogens is 282 g/mol. The zero-order chi connectivity index (χ0) is 15.6. The first-order valence-electron chi connectivity index (χ1n) is 5.40. The van der Waals surface area contributed by atoms with Crippen LogP contribution in [-0.2, 0) is 6.18 Å². The van der Waals surface area contributed by atoms with Crippen LogP contribution in [0.15, 0.2) is 18.2 Å². The Morgan fingerprint density at radius 2 is 1.68 bits per heavy atom. The molecule has 0 aromatic heterocycles. The number of amides is 1. The second-order valence-corrected chi connectivity index (χ2v) is 2.77. The van der Waals surface area contributed by atoms with Crippen LogP contribution >= 0.6 is 12.6 Å².